The van der Waals surface area contributed by atoms with Crippen molar-refractivity contribution in [3.8, 4) is 0 Å². The van der Waals surface area contributed by atoms with Gasteiger partial charge in [0.05, 0.1) is 9.79 Å². The minimum absolute atomic E-state index is 0. The van der Waals surface area contributed by atoms with E-state index >= 15 is 0 Å². The van der Waals surface area contributed by atoms with Crippen LogP contribution in [0.3, 0.4) is 0 Å². The van der Waals surface area contributed by atoms with Gasteiger partial charge in [0.2, 0.25) is 0 Å². The van der Waals surface area contributed by atoms with Crippen LogP contribution >= 0.6 is 23.5 Å². The van der Waals surface area contributed by atoms with Crippen LogP contribution in [0.25, 0.3) is 0 Å². The summed E-state index contributed by atoms with van der Waals surface area (Å²) in [6.45, 7) is 16.3. The maximum atomic E-state index is 12.8. The zero-order valence-electron chi connectivity index (χ0n) is 32.5. The second-order valence-electron chi connectivity index (χ2n) is 13.5. The largest absolute Gasteiger partial charge is 1.00 e. The third-order valence-electron chi connectivity index (χ3n) is 9.76. The predicted molar refractivity (Wildman–Crippen MR) is 217 cm³/mol. The molecule has 0 radical (unpaired) electrons. The molecule has 0 aliphatic heterocycles. The van der Waals surface area contributed by atoms with E-state index in [9.17, 15) is 25.9 Å². The van der Waals surface area contributed by atoms with Crippen molar-refractivity contribution in [3.63, 3.8) is 0 Å². The number of nitrogens with one attached hydrogen (secondary N) is 2. The van der Waals surface area contributed by atoms with Crippen LogP contribution in [0.2, 0.25) is 0 Å². The molecule has 5 aromatic rings. The molecule has 13 heteroatoms. The summed E-state index contributed by atoms with van der Waals surface area (Å²) in [5, 5.41) is 7.16. The first-order valence-electron chi connectivity index (χ1n) is 16.9. The summed E-state index contributed by atoms with van der Waals surface area (Å²) in [7, 11) is -10.3. The van der Waals surface area contributed by atoms with Crippen LogP contribution in [-0.4, -0.2) is 38.5 Å². The Morgan fingerprint density at radius 1 is 0.519 bits per heavy atom. The molecule has 0 saturated carbocycles. The summed E-state index contributed by atoms with van der Waals surface area (Å²) < 4.78 is 74.2. The molecule has 5 rings (SSSR count). The van der Waals surface area contributed by atoms with Gasteiger partial charge in [0.1, 0.15) is 20.2 Å². The molecule has 0 bridgehead atoms. The standard InChI is InChI=1S/C41H46N2O6S4.Na/c1-22-19-30(42-38-24(3)17-26(5)40(50-9)28(38)7)11-14-33(22)37(35-16-13-32(52(44,45)46)21-36(35)53(47,48)49)34-15-12-31(20-23(34)2)43-39-25(4)18-27(6)41(51-10)29(39)8;/h11-21,37,42-43H,1-10H3,(H,44,45,46)(H,47,48,49);/q;+1/p-2. The molecule has 0 aliphatic rings. The minimum Gasteiger partial charge on any atom is -0.744 e. The van der Waals surface area contributed by atoms with Crippen LogP contribution < -0.4 is 40.2 Å². The number of aryl methyl sites for hydroxylation is 6. The third kappa shape index (κ3) is 9.09. The van der Waals surface area contributed by atoms with Gasteiger partial charge in [-0.25, -0.2) is 16.8 Å². The second kappa shape index (κ2) is 17.2. The molecular weight excluding hydrogens is 768 g/mol. The molecule has 0 atom stereocenters. The summed E-state index contributed by atoms with van der Waals surface area (Å²) in [6, 6.07) is 18.9. The van der Waals surface area contributed by atoms with Gasteiger partial charge in [0, 0.05) is 38.5 Å². The fraction of sp³-hybridized carbons (Fsp3) is 0.268. The summed E-state index contributed by atoms with van der Waals surface area (Å²) in [5.41, 5.74) is 13.6. The molecule has 0 fully saturated rings. The Balaban J connectivity index is 0.00000650. The average molecular weight is 812 g/mol. The monoisotopic (exact) mass is 811 g/mol. The van der Waals surface area contributed by atoms with Crippen LogP contribution in [0.5, 0.6) is 0 Å². The maximum Gasteiger partial charge on any atom is 1.00 e. The van der Waals surface area contributed by atoms with Crippen molar-refractivity contribution in [1.82, 2.24) is 0 Å². The number of benzene rings is 5. The molecule has 2 N–H and O–H groups in total. The zero-order chi connectivity index (χ0) is 39.2. The molecular formula is C41H44N2NaO6S4-. The summed E-state index contributed by atoms with van der Waals surface area (Å²) in [4.78, 5) is 0.858. The van der Waals surface area contributed by atoms with Gasteiger partial charge in [-0.3, -0.25) is 0 Å². The Bertz CT molecular complexity index is 2370. The van der Waals surface area contributed by atoms with E-state index in [2.05, 4.69) is 76.8 Å². The van der Waals surface area contributed by atoms with Gasteiger partial charge in [0.15, 0.2) is 0 Å². The van der Waals surface area contributed by atoms with Gasteiger partial charge in [-0.05, 0) is 165 Å². The summed E-state index contributed by atoms with van der Waals surface area (Å²) >= 11 is 3.39. The van der Waals surface area contributed by atoms with E-state index < -0.39 is 35.9 Å². The quantitative estimate of drug-likeness (QED) is 0.0617. The second-order valence-corrected chi connectivity index (χ2v) is 17.9. The molecule has 5 aromatic carbocycles. The number of rotatable bonds is 11. The van der Waals surface area contributed by atoms with Crippen molar-refractivity contribution >= 4 is 66.5 Å². The van der Waals surface area contributed by atoms with Crippen LogP contribution in [0.1, 0.15) is 67.1 Å². The van der Waals surface area contributed by atoms with Crippen LogP contribution in [0.4, 0.5) is 22.7 Å². The molecule has 0 heterocycles. The van der Waals surface area contributed by atoms with Crippen LogP contribution in [-0.2, 0) is 20.2 Å². The smallest absolute Gasteiger partial charge is 0.744 e. The maximum absolute atomic E-state index is 12.8. The molecule has 54 heavy (non-hydrogen) atoms. The van der Waals surface area contributed by atoms with E-state index in [1.165, 1.54) is 27.0 Å². The zero-order valence-corrected chi connectivity index (χ0v) is 37.8. The first kappa shape index (κ1) is 43.9. The third-order valence-corrected chi connectivity index (χ3v) is 13.6. The van der Waals surface area contributed by atoms with Gasteiger partial charge in [-0.1, -0.05) is 30.3 Å². The van der Waals surface area contributed by atoms with Crippen molar-refractivity contribution in [3.05, 3.63) is 128 Å². The first-order chi connectivity index (χ1) is 24.8. The molecule has 280 valence electrons. The van der Waals surface area contributed by atoms with Crippen molar-refractivity contribution in [1.29, 1.82) is 0 Å². The Labute approximate surface area is 351 Å². The van der Waals surface area contributed by atoms with E-state index in [1.807, 2.05) is 50.2 Å². The van der Waals surface area contributed by atoms with E-state index in [1.54, 1.807) is 23.5 Å². The topological polar surface area (TPSA) is 138 Å². The Hall–Kier alpha value is -2.78. The molecule has 0 unspecified atom stereocenters. The van der Waals surface area contributed by atoms with Crippen LogP contribution in [0, 0.1) is 55.4 Å². The van der Waals surface area contributed by atoms with Crippen molar-refractivity contribution in [2.24, 2.45) is 0 Å². The Kier molecular flexibility index (Phi) is 14.0. The van der Waals surface area contributed by atoms with Crippen molar-refractivity contribution < 1.29 is 55.5 Å². The minimum atomic E-state index is -5.22. The van der Waals surface area contributed by atoms with Crippen molar-refractivity contribution in [2.75, 3.05) is 23.1 Å². The van der Waals surface area contributed by atoms with Gasteiger partial charge < -0.3 is 19.7 Å². The SMILES string of the molecule is CSc1c(C)cc(C)c(Nc2ccc(C(c3ccc(Nc4c(C)cc(C)c(SC)c4C)cc3C)c3ccc(S(=O)(=O)[O-])cc3S(=O)(=O)[O-])c(C)c2)c1C.[Na+]. The van der Waals surface area contributed by atoms with Crippen LogP contribution in [0.15, 0.2) is 86.3 Å². The number of hydrogen-bond donors (Lipinski definition) is 2. The number of anilines is 4. The summed E-state index contributed by atoms with van der Waals surface area (Å²) in [5.74, 6) is -0.808. The van der Waals surface area contributed by atoms with Crippen molar-refractivity contribution in [2.45, 2.75) is 80.9 Å². The number of thioether (sulfide) groups is 2. The normalized spacial score (nSPS) is 11.8. The van der Waals surface area contributed by atoms with Gasteiger partial charge in [0.25, 0.3) is 0 Å². The fourth-order valence-electron chi connectivity index (χ4n) is 7.42. The molecule has 8 nitrogen and oxygen atoms in total. The van der Waals surface area contributed by atoms with Gasteiger partial charge in [-0.15, -0.1) is 23.5 Å². The van der Waals surface area contributed by atoms with E-state index in [0.717, 1.165) is 62.2 Å². The molecule has 0 saturated heterocycles. The van der Waals surface area contributed by atoms with Gasteiger partial charge >= 0.3 is 29.6 Å². The predicted octanol–water partition coefficient (Wildman–Crippen LogP) is 7.08. The summed E-state index contributed by atoms with van der Waals surface area (Å²) in [6.07, 6.45) is 4.11. The Morgan fingerprint density at radius 2 is 0.926 bits per heavy atom. The molecule has 0 aliphatic carbocycles. The molecule has 0 aromatic heterocycles. The van der Waals surface area contributed by atoms with Gasteiger partial charge in [-0.2, -0.15) is 0 Å². The fourth-order valence-corrected chi connectivity index (χ4v) is 10.3. The van der Waals surface area contributed by atoms with E-state index in [4.69, 9.17) is 0 Å². The Morgan fingerprint density at radius 3 is 1.28 bits per heavy atom. The average Bonchev–Trinajstić information content (AvgIpc) is 3.06. The van der Waals surface area contributed by atoms with E-state index in [-0.39, 0.29) is 35.1 Å². The molecule has 0 amide bonds. The first-order valence-corrected chi connectivity index (χ1v) is 22.1. The molecule has 0 spiro atoms. The number of hydrogen-bond acceptors (Lipinski definition) is 10. The van der Waals surface area contributed by atoms with E-state index in [0.29, 0.717) is 17.2 Å².